The molecule has 31 heavy (non-hydrogen) atoms. The Morgan fingerprint density at radius 2 is 1.90 bits per heavy atom. The van der Waals surface area contributed by atoms with Crippen LogP contribution in [0.3, 0.4) is 0 Å². The van der Waals surface area contributed by atoms with E-state index in [4.69, 9.17) is 9.47 Å². The fraction of sp³-hybridized carbons (Fsp3) is 0.292. The van der Waals surface area contributed by atoms with Gasteiger partial charge in [0.05, 0.1) is 25.1 Å². The summed E-state index contributed by atoms with van der Waals surface area (Å²) in [4.78, 5) is 23.5. The first kappa shape index (κ1) is 20.8. The van der Waals surface area contributed by atoms with Gasteiger partial charge in [-0.2, -0.15) is 0 Å². The SMILES string of the molecule is Cc1cc(C(=O)Nc2ccc(N3CCOCC3)cn2)cc(C)c1OCc1cccnc1. The Morgan fingerprint density at radius 1 is 1.13 bits per heavy atom. The highest BCUT2D eigenvalue weighted by molar-refractivity contribution is 6.04. The van der Waals surface area contributed by atoms with Gasteiger partial charge in [-0.05, 0) is 55.3 Å². The predicted octanol–water partition coefficient (Wildman–Crippen LogP) is 3.76. The Morgan fingerprint density at radius 3 is 2.55 bits per heavy atom. The summed E-state index contributed by atoms with van der Waals surface area (Å²) in [6, 6.07) is 11.3. The lowest BCUT2D eigenvalue weighted by atomic mass is 10.0. The molecule has 0 aliphatic carbocycles. The number of carbonyl (C=O) groups excluding carboxylic acids is 1. The van der Waals surface area contributed by atoms with Crippen LogP contribution < -0.4 is 15.0 Å². The zero-order valence-electron chi connectivity index (χ0n) is 17.8. The molecule has 0 atom stereocenters. The second-order valence-corrected chi connectivity index (χ2v) is 7.54. The van der Waals surface area contributed by atoms with Crippen LogP contribution in [0.1, 0.15) is 27.0 Å². The molecule has 1 aliphatic rings. The van der Waals surface area contributed by atoms with Crippen molar-refractivity contribution < 1.29 is 14.3 Å². The maximum Gasteiger partial charge on any atom is 0.256 e. The van der Waals surface area contributed by atoms with Gasteiger partial charge < -0.3 is 19.7 Å². The van der Waals surface area contributed by atoms with Crippen molar-refractivity contribution in [1.82, 2.24) is 9.97 Å². The average Bonchev–Trinajstić information content (AvgIpc) is 2.80. The van der Waals surface area contributed by atoms with Crippen LogP contribution in [0.2, 0.25) is 0 Å². The van der Waals surface area contributed by atoms with Crippen LogP contribution >= 0.6 is 0 Å². The van der Waals surface area contributed by atoms with Gasteiger partial charge in [-0.15, -0.1) is 0 Å². The molecule has 1 N–H and O–H groups in total. The van der Waals surface area contributed by atoms with E-state index < -0.39 is 0 Å². The van der Waals surface area contributed by atoms with Gasteiger partial charge in [-0.25, -0.2) is 4.98 Å². The number of benzene rings is 1. The molecule has 0 spiro atoms. The van der Waals surface area contributed by atoms with Crippen LogP contribution in [0.25, 0.3) is 0 Å². The van der Waals surface area contributed by atoms with E-state index in [2.05, 4.69) is 20.2 Å². The molecule has 0 radical (unpaired) electrons. The largest absolute Gasteiger partial charge is 0.488 e. The third-order valence-corrected chi connectivity index (χ3v) is 5.19. The van der Waals surface area contributed by atoms with Crippen molar-refractivity contribution >= 4 is 17.4 Å². The lowest BCUT2D eigenvalue weighted by molar-refractivity contribution is 0.102. The summed E-state index contributed by atoms with van der Waals surface area (Å²) in [7, 11) is 0. The van der Waals surface area contributed by atoms with Gasteiger partial charge in [-0.3, -0.25) is 9.78 Å². The third-order valence-electron chi connectivity index (χ3n) is 5.19. The predicted molar refractivity (Wildman–Crippen MR) is 120 cm³/mol. The molecule has 7 heteroatoms. The van der Waals surface area contributed by atoms with Crippen LogP contribution in [0.4, 0.5) is 11.5 Å². The first-order chi connectivity index (χ1) is 15.1. The molecule has 160 valence electrons. The summed E-state index contributed by atoms with van der Waals surface area (Å²) in [5, 5.41) is 2.88. The fourth-order valence-electron chi connectivity index (χ4n) is 3.61. The molecule has 0 bridgehead atoms. The normalized spacial score (nSPS) is 13.7. The average molecular weight is 418 g/mol. The molecule has 1 saturated heterocycles. The number of rotatable bonds is 6. The molecule has 1 fully saturated rings. The Hall–Kier alpha value is -3.45. The molecule has 1 aliphatic heterocycles. The van der Waals surface area contributed by atoms with Crippen LogP contribution in [0.15, 0.2) is 55.0 Å². The number of anilines is 2. The number of morpholine rings is 1. The molecule has 1 aromatic carbocycles. The third kappa shape index (κ3) is 5.19. The summed E-state index contributed by atoms with van der Waals surface area (Å²) in [5.41, 5.74) is 4.41. The number of nitrogens with zero attached hydrogens (tertiary/aromatic N) is 3. The number of nitrogens with one attached hydrogen (secondary N) is 1. The number of carbonyl (C=O) groups is 1. The zero-order valence-corrected chi connectivity index (χ0v) is 17.8. The number of hydrogen-bond acceptors (Lipinski definition) is 6. The summed E-state index contributed by atoms with van der Waals surface area (Å²) in [6.45, 7) is 7.45. The molecule has 2 aromatic heterocycles. The topological polar surface area (TPSA) is 76.6 Å². The minimum absolute atomic E-state index is 0.198. The van der Waals surface area contributed by atoms with E-state index in [-0.39, 0.29) is 5.91 Å². The Bertz CT molecular complexity index is 1010. The maximum atomic E-state index is 12.8. The van der Waals surface area contributed by atoms with E-state index in [1.165, 1.54) is 0 Å². The Balaban J connectivity index is 1.41. The lowest BCUT2D eigenvalue weighted by Crippen LogP contribution is -2.36. The summed E-state index contributed by atoms with van der Waals surface area (Å²) < 4.78 is 11.4. The van der Waals surface area contributed by atoms with Gasteiger partial charge in [0, 0.05) is 36.6 Å². The molecule has 4 rings (SSSR count). The Kier molecular flexibility index (Phi) is 6.43. The molecule has 1 amide bonds. The number of pyridine rings is 2. The van der Waals surface area contributed by atoms with Crippen LogP contribution in [0, 0.1) is 13.8 Å². The quantitative estimate of drug-likeness (QED) is 0.657. The van der Waals surface area contributed by atoms with Crippen molar-refractivity contribution in [2.45, 2.75) is 20.5 Å². The van der Waals surface area contributed by atoms with Crippen molar-refractivity contribution in [3.63, 3.8) is 0 Å². The van der Waals surface area contributed by atoms with E-state index in [9.17, 15) is 4.79 Å². The van der Waals surface area contributed by atoms with Crippen molar-refractivity contribution in [3.05, 3.63) is 77.2 Å². The molecule has 0 saturated carbocycles. The molecule has 3 heterocycles. The highest BCUT2D eigenvalue weighted by Gasteiger charge is 2.14. The van der Waals surface area contributed by atoms with E-state index in [0.717, 1.165) is 54.4 Å². The number of hydrogen-bond donors (Lipinski definition) is 1. The van der Waals surface area contributed by atoms with E-state index in [1.807, 2.05) is 50.2 Å². The van der Waals surface area contributed by atoms with E-state index >= 15 is 0 Å². The van der Waals surface area contributed by atoms with Gasteiger partial charge in [-0.1, -0.05) is 6.07 Å². The fourth-order valence-corrected chi connectivity index (χ4v) is 3.61. The van der Waals surface area contributed by atoms with Gasteiger partial charge in [0.15, 0.2) is 0 Å². The standard InChI is InChI=1S/C24H26N4O3/c1-17-12-20(13-18(2)23(17)31-16-19-4-3-7-25-14-19)24(29)27-22-6-5-21(15-26-22)28-8-10-30-11-9-28/h3-7,12-15H,8-11,16H2,1-2H3,(H,26,27,29). The van der Waals surface area contributed by atoms with Gasteiger partial charge in [0.2, 0.25) is 0 Å². The number of aromatic nitrogens is 2. The molecular formula is C24H26N4O3. The Labute approximate surface area is 182 Å². The highest BCUT2D eigenvalue weighted by Crippen LogP contribution is 2.26. The molecule has 0 unspecified atom stereocenters. The van der Waals surface area contributed by atoms with Crippen LogP contribution in [-0.4, -0.2) is 42.2 Å². The zero-order chi connectivity index (χ0) is 21.6. The molecular weight excluding hydrogens is 392 g/mol. The van der Waals surface area contributed by atoms with Crippen molar-refractivity contribution in [2.75, 3.05) is 36.5 Å². The number of ether oxygens (including phenoxy) is 2. The minimum Gasteiger partial charge on any atom is -0.488 e. The van der Waals surface area contributed by atoms with E-state index in [1.54, 1.807) is 18.6 Å². The highest BCUT2D eigenvalue weighted by atomic mass is 16.5. The van der Waals surface area contributed by atoms with E-state index in [0.29, 0.717) is 18.0 Å². The monoisotopic (exact) mass is 418 g/mol. The second kappa shape index (κ2) is 9.57. The summed E-state index contributed by atoms with van der Waals surface area (Å²) in [5.74, 6) is 1.11. The van der Waals surface area contributed by atoms with Crippen LogP contribution in [-0.2, 0) is 11.3 Å². The van der Waals surface area contributed by atoms with Crippen molar-refractivity contribution in [2.24, 2.45) is 0 Å². The number of amides is 1. The van der Waals surface area contributed by atoms with Crippen molar-refractivity contribution in [3.8, 4) is 5.75 Å². The molecule has 7 nitrogen and oxygen atoms in total. The minimum atomic E-state index is -0.198. The first-order valence-electron chi connectivity index (χ1n) is 10.3. The second-order valence-electron chi connectivity index (χ2n) is 7.54. The van der Waals surface area contributed by atoms with Gasteiger partial charge in [0.25, 0.3) is 5.91 Å². The maximum absolute atomic E-state index is 12.8. The van der Waals surface area contributed by atoms with Crippen molar-refractivity contribution in [1.29, 1.82) is 0 Å². The smallest absolute Gasteiger partial charge is 0.256 e. The number of aryl methyl sites for hydroxylation is 2. The molecule has 3 aromatic rings. The van der Waals surface area contributed by atoms with Crippen LogP contribution in [0.5, 0.6) is 5.75 Å². The summed E-state index contributed by atoms with van der Waals surface area (Å²) >= 11 is 0. The van der Waals surface area contributed by atoms with Gasteiger partial charge >= 0.3 is 0 Å². The first-order valence-corrected chi connectivity index (χ1v) is 10.3. The summed E-state index contributed by atoms with van der Waals surface area (Å²) in [6.07, 6.45) is 5.30. The van der Waals surface area contributed by atoms with Gasteiger partial charge in [0.1, 0.15) is 18.2 Å². The lowest BCUT2D eigenvalue weighted by Gasteiger charge is -2.28.